The lowest BCUT2D eigenvalue weighted by Crippen LogP contribution is -2.65. The van der Waals surface area contributed by atoms with Crippen LogP contribution in [0.4, 0.5) is 5.69 Å². The van der Waals surface area contributed by atoms with Crippen LogP contribution in [0.5, 0.6) is 5.75 Å². The zero-order valence-electron chi connectivity index (χ0n) is 22.1. The zero-order valence-corrected chi connectivity index (χ0v) is 22.1. The lowest BCUT2D eigenvalue weighted by Gasteiger charge is -2.50. The third kappa shape index (κ3) is 3.77. The van der Waals surface area contributed by atoms with Crippen LogP contribution in [0.15, 0.2) is 23.0 Å². The van der Waals surface area contributed by atoms with E-state index in [9.17, 15) is 34.8 Å². The summed E-state index contributed by atoms with van der Waals surface area (Å²) < 4.78 is 0. The maximum Gasteiger partial charge on any atom is 0.255 e. The highest BCUT2D eigenvalue weighted by molar-refractivity contribution is 6.24. The van der Waals surface area contributed by atoms with E-state index in [4.69, 9.17) is 5.73 Å². The number of aromatic hydroxyl groups is 1. The number of rotatable bonds is 4. The standard InChI is InChI=1S/C28H33N3O7/c1-6-7-8-9-13-12-17(30(2)3)15-10-14-11-16-21(31(4)5)24(34)20(27(29)37)26(36)28(16,38)25(35)18(14)23(33)19(15)22(13)32/h12,14,16,21,32-33,36,38H,6-7,10-11H2,1-5H3,(H2,29,37). The molecule has 6 N–H and O–H groups in total. The minimum Gasteiger partial charge on any atom is -0.508 e. The summed E-state index contributed by atoms with van der Waals surface area (Å²) in [5.41, 5.74) is 3.28. The average molecular weight is 524 g/mol. The van der Waals surface area contributed by atoms with Crippen molar-refractivity contribution in [3.05, 3.63) is 39.7 Å². The molecule has 0 aliphatic heterocycles. The fourth-order valence-electron chi connectivity index (χ4n) is 6.07. The number of aliphatic hydroxyl groups excluding tert-OH is 2. The summed E-state index contributed by atoms with van der Waals surface area (Å²) in [5.74, 6) is -0.846. The van der Waals surface area contributed by atoms with Crippen LogP contribution in [0, 0.1) is 23.7 Å². The van der Waals surface area contributed by atoms with Gasteiger partial charge in [0.2, 0.25) is 5.78 Å². The molecule has 0 heterocycles. The number of amides is 1. The number of nitrogens with two attached hydrogens (primary N) is 1. The number of ketones is 2. The predicted octanol–water partition coefficient (Wildman–Crippen LogP) is 1.18. The van der Waals surface area contributed by atoms with E-state index in [2.05, 4.69) is 11.8 Å². The Morgan fingerprint density at radius 1 is 1.18 bits per heavy atom. The van der Waals surface area contributed by atoms with E-state index in [0.29, 0.717) is 17.7 Å². The van der Waals surface area contributed by atoms with Crippen molar-refractivity contribution in [3.63, 3.8) is 0 Å². The first-order chi connectivity index (χ1) is 17.8. The van der Waals surface area contributed by atoms with Gasteiger partial charge in [0, 0.05) is 37.7 Å². The second-order valence-electron chi connectivity index (χ2n) is 10.6. The third-order valence-electron chi connectivity index (χ3n) is 7.78. The monoisotopic (exact) mass is 523 g/mol. The number of phenolic OH excluding ortho intramolecular Hbond substituents is 1. The summed E-state index contributed by atoms with van der Waals surface area (Å²) >= 11 is 0. The van der Waals surface area contributed by atoms with Crippen molar-refractivity contribution in [2.75, 3.05) is 33.1 Å². The Labute approximate surface area is 221 Å². The molecule has 10 nitrogen and oxygen atoms in total. The Morgan fingerprint density at radius 2 is 1.84 bits per heavy atom. The van der Waals surface area contributed by atoms with Crippen molar-refractivity contribution >= 4 is 28.9 Å². The van der Waals surface area contributed by atoms with Crippen molar-refractivity contribution in [3.8, 4) is 17.6 Å². The fourth-order valence-corrected chi connectivity index (χ4v) is 6.07. The maximum absolute atomic E-state index is 14.0. The molecule has 3 aliphatic rings. The normalized spacial score (nSPS) is 26.4. The quantitative estimate of drug-likeness (QED) is 0.288. The number of carbonyl (C=O) groups excluding carboxylic acids is 3. The number of anilines is 1. The number of nitrogens with zero attached hydrogens (tertiary/aromatic N) is 2. The van der Waals surface area contributed by atoms with Gasteiger partial charge < -0.3 is 31.1 Å². The van der Waals surface area contributed by atoms with Gasteiger partial charge in [-0.3, -0.25) is 19.3 Å². The van der Waals surface area contributed by atoms with Gasteiger partial charge in [-0.15, -0.1) is 0 Å². The highest BCUT2D eigenvalue weighted by atomic mass is 16.3. The van der Waals surface area contributed by atoms with E-state index in [1.807, 2.05) is 25.9 Å². The summed E-state index contributed by atoms with van der Waals surface area (Å²) in [6, 6.07) is 0.613. The van der Waals surface area contributed by atoms with Gasteiger partial charge in [0.15, 0.2) is 11.4 Å². The van der Waals surface area contributed by atoms with Gasteiger partial charge in [-0.2, -0.15) is 0 Å². The molecule has 38 heavy (non-hydrogen) atoms. The molecule has 4 unspecified atom stereocenters. The molecule has 4 atom stereocenters. The SMILES string of the molecule is CCCC#Cc1cc(N(C)C)c2c(c1O)C(O)=C1C(=O)C3(O)C(O)=C(C(N)=O)C(=O)C(N(C)C)C3CC1C2. The summed E-state index contributed by atoms with van der Waals surface area (Å²) in [5, 5.41) is 45.2. The number of fused-ring (bicyclic) bond motifs is 3. The van der Waals surface area contributed by atoms with Crippen LogP contribution in [0.2, 0.25) is 0 Å². The lowest BCUT2D eigenvalue weighted by molar-refractivity contribution is -0.153. The van der Waals surface area contributed by atoms with Gasteiger partial charge in [0.05, 0.1) is 17.2 Å². The van der Waals surface area contributed by atoms with Gasteiger partial charge in [-0.25, -0.2) is 0 Å². The van der Waals surface area contributed by atoms with Crippen LogP contribution in [0.1, 0.15) is 42.9 Å². The maximum atomic E-state index is 14.0. The van der Waals surface area contributed by atoms with E-state index < -0.39 is 58.0 Å². The first kappa shape index (κ1) is 27.2. The van der Waals surface area contributed by atoms with Crippen molar-refractivity contribution < 1.29 is 34.8 Å². The number of aliphatic hydroxyl groups is 3. The van der Waals surface area contributed by atoms with Crippen LogP contribution in [0.25, 0.3) is 5.76 Å². The third-order valence-corrected chi connectivity index (χ3v) is 7.78. The second kappa shape index (κ2) is 9.49. The Bertz CT molecular complexity index is 1380. The smallest absolute Gasteiger partial charge is 0.255 e. The summed E-state index contributed by atoms with van der Waals surface area (Å²) in [4.78, 5) is 42.5. The van der Waals surface area contributed by atoms with Gasteiger partial charge in [0.25, 0.3) is 5.91 Å². The summed E-state index contributed by atoms with van der Waals surface area (Å²) in [6.45, 7) is 1.98. The molecule has 10 heteroatoms. The van der Waals surface area contributed by atoms with E-state index in [1.165, 1.54) is 4.90 Å². The first-order valence-electron chi connectivity index (χ1n) is 12.5. The number of hydrogen-bond acceptors (Lipinski definition) is 9. The van der Waals surface area contributed by atoms with Gasteiger partial charge in [0.1, 0.15) is 22.8 Å². The molecule has 0 bridgehead atoms. The first-order valence-corrected chi connectivity index (χ1v) is 12.5. The lowest BCUT2D eigenvalue weighted by atomic mass is 9.57. The molecule has 1 saturated carbocycles. The molecule has 1 amide bonds. The highest BCUT2D eigenvalue weighted by Gasteiger charge is 2.64. The van der Waals surface area contributed by atoms with Crippen LogP contribution in [-0.4, -0.2) is 82.6 Å². The van der Waals surface area contributed by atoms with Gasteiger partial charge in [-0.05, 0) is 50.9 Å². The molecule has 1 aromatic carbocycles. The highest BCUT2D eigenvalue weighted by Crippen LogP contribution is 2.54. The molecule has 1 fully saturated rings. The number of likely N-dealkylation sites (N-methyl/N-ethyl adjacent to an activating group) is 1. The van der Waals surface area contributed by atoms with E-state index >= 15 is 0 Å². The van der Waals surface area contributed by atoms with Crippen LogP contribution < -0.4 is 10.6 Å². The number of Topliss-reactive ketones (excluding diaryl/α,β-unsaturated/α-hetero) is 2. The zero-order chi connectivity index (χ0) is 28.3. The average Bonchev–Trinajstić information content (AvgIpc) is 2.82. The van der Waals surface area contributed by atoms with Crippen molar-refractivity contribution in [1.82, 2.24) is 4.90 Å². The van der Waals surface area contributed by atoms with Crippen LogP contribution in [0.3, 0.4) is 0 Å². The van der Waals surface area contributed by atoms with Gasteiger partial charge >= 0.3 is 0 Å². The molecular formula is C28H33N3O7. The number of phenols is 1. The van der Waals surface area contributed by atoms with Crippen molar-refractivity contribution in [1.29, 1.82) is 0 Å². The Balaban J connectivity index is 1.99. The van der Waals surface area contributed by atoms with E-state index in [-0.39, 0.29) is 35.3 Å². The fraction of sp³-hybridized carbons (Fsp3) is 0.464. The summed E-state index contributed by atoms with van der Waals surface area (Å²) in [6.07, 6.45) is 1.69. The number of primary amides is 1. The van der Waals surface area contributed by atoms with Gasteiger partial charge in [-0.1, -0.05) is 18.8 Å². The molecule has 0 radical (unpaired) electrons. The van der Waals surface area contributed by atoms with Crippen LogP contribution in [-0.2, 0) is 20.8 Å². The molecule has 0 saturated heterocycles. The van der Waals surface area contributed by atoms with Crippen molar-refractivity contribution in [2.24, 2.45) is 17.6 Å². The minimum absolute atomic E-state index is 0.0355. The van der Waals surface area contributed by atoms with E-state index in [1.54, 1.807) is 20.2 Å². The molecule has 1 aromatic rings. The molecule has 202 valence electrons. The number of carbonyl (C=O) groups is 3. The van der Waals surface area contributed by atoms with Crippen molar-refractivity contribution in [2.45, 2.75) is 44.2 Å². The van der Waals surface area contributed by atoms with E-state index in [0.717, 1.165) is 6.42 Å². The Morgan fingerprint density at radius 3 is 2.39 bits per heavy atom. The van der Waals surface area contributed by atoms with Crippen LogP contribution >= 0.6 is 0 Å². The largest absolute Gasteiger partial charge is 0.508 e. The molecule has 0 aromatic heterocycles. The molecular weight excluding hydrogens is 490 g/mol. The molecule has 3 aliphatic carbocycles. The number of benzene rings is 1. The minimum atomic E-state index is -2.66. The number of hydrogen-bond donors (Lipinski definition) is 5. The number of unbranched alkanes of at least 4 members (excludes halogenated alkanes) is 1. The topological polar surface area (TPSA) is 165 Å². The second-order valence-corrected chi connectivity index (χ2v) is 10.6. The summed E-state index contributed by atoms with van der Waals surface area (Å²) in [7, 11) is 6.76. The Hall–Kier alpha value is -3.81. The predicted molar refractivity (Wildman–Crippen MR) is 140 cm³/mol. The molecule has 0 spiro atoms. The molecule has 4 rings (SSSR count). The Kier molecular flexibility index (Phi) is 6.80.